The Morgan fingerprint density at radius 1 is 1.12 bits per heavy atom. The van der Waals surface area contributed by atoms with Crippen molar-refractivity contribution in [1.29, 1.82) is 0 Å². The quantitative estimate of drug-likeness (QED) is 0.720. The highest BCUT2D eigenvalue weighted by Crippen LogP contribution is 2.34. The second-order valence-corrected chi connectivity index (χ2v) is 10.7. The molecule has 32 heavy (non-hydrogen) atoms. The number of nitrogens with zero attached hydrogens (tertiary/aromatic N) is 2. The van der Waals surface area contributed by atoms with Gasteiger partial charge in [-0.2, -0.15) is 0 Å². The summed E-state index contributed by atoms with van der Waals surface area (Å²) in [6.45, 7) is 3.64. The first-order chi connectivity index (χ1) is 15.2. The van der Waals surface area contributed by atoms with Crippen molar-refractivity contribution in [2.45, 2.75) is 37.0 Å². The van der Waals surface area contributed by atoms with Gasteiger partial charge in [0, 0.05) is 50.7 Å². The van der Waals surface area contributed by atoms with E-state index in [1.54, 1.807) is 24.3 Å². The van der Waals surface area contributed by atoms with Crippen LogP contribution in [0.25, 0.3) is 0 Å². The van der Waals surface area contributed by atoms with Crippen LogP contribution >= 0.6 is 0 Å². The molecular weight excluding hydrogens is 428 g/mol. The number of carbonyl (C=O) groups is 2. The molecule has 8 nitrogen and oxygen atoms in total. The maximum absolute atomic E-state index is 13.3. The molecule has 0 bridgehead atoms. The van der Waals surface area contributed by atoms with Crippen molar-refractivity contribution >= 4 is 38.9 Å². The van der Waals surface area contributed by atoms with E-state index in [-0.39, 0.29) is 22.6 Å². The number of benzene rings is 2. The summed E-state index contributed by atoms with van der Waals surface area (Å²) < 4.78 is 26.5. The summed E-state index contributed by atoms with van der Waals surface area (Å²) in [5.41, 5.74) is 3.38. The largest absolute Gasteiger partial charge is 0.371 e. The van der Waals surface area contributed by atoms with Gasteiger partial charge in [-0.25, -0.2) is 12.7 Å². The predicted octanol–water partition coefficient (Wildman–Crippen LogP) is 3.24. The summed E-state index contributed by atoms with van der Waals surface area (Å²) >= 11 is 0. The average Bonchev–Trinajstić information content (AvgIpc) is 3.28. The van der Waals surface area contributed by atoms with E-state index in [1.807, 2.05) is 13.0 Å². The first-order valence-electron chi connectivity index (χ1n) is 10.7. The van der Waals surface area contributed by atoms with Gasteiger partial charge in [-0.1, -0.05) is 6.92 Å². The summed E-state index contributed by atoms with van der Waals surface area (Å²) in [5.74, 6) is -0.338. The fourth-order valence-electron chi connectivity index (χ4n) is 4.25. The highest BCUT2D eigenvalue weighted by Gasteiger charge is 2.26. The van der Waals surface area contributed by atoms with E-state index >= 15 is 0 Å². The van der Waals surface area contributed by atoms with Crippen LogP contribution in [0.1, 0.15) is 48.0 Å². The van der Waals surface area contributed by atoms with E-state index in [1.165, 1.54) is 20.2 Å². The number of sulfonamides is 1. The second-order valence-electron chi connectivity index (χ2n) is 8.57. The number of anilines is 3. The fourth-order valence-corrected chi connectivity index (χ4v) is 5.18. The molecule has 1 saturated heterocycles. The second kappa shape index (κ2) is 8.55. The van der Waals surface area contributed by atoms with Crippen LogP contribution in [0.2, 0.25) is 0 Å². The number of hydrogen-bond donors (Lipinski definition) is 2. The van der Waals surface area contributed by atoms with Crippen LogP contribution in [0.15, 0.2) is 41.3 Å². The number of carbonyl (C=O) groups excluding carboxylic acids is 2. The van der Waals surface area contributed by atoms with Gasteiger partial charge in [0.05, 0.1) is 10.5 Å². The zero-order chi connectivity index (χ0) is 23.0. The summed E-state index contributed by atoms with van der Waals surface area (Å²) in [7, 11) is -0.738. The SMILES string of the molecule is CC1CC(=O)Nc2ccc(NC(=O)c3cc(S(=O)(=O)N(C)C)ccc3N3CCCC3)cc21. The molecule has 0 radical (unpaired) electrons. The summed E-state index contributed by atoms with van der Waals surface area (Å²) in [6.07, 6.45) is 2.47. The third-order valence-corrected chi connectivity index (χ3v) is 7.86. The number of rotatable bonds is 5. The molecule has 1 fully saturated rings. The Hall–Kier alpha value is -2.91. The van der Waals surface area contributed by atoms with Gasteiger partial charge in [0.1, 0.15) is 0 Å². The molecule has 2 aliphatic rings. The minimum absolute atomic E-state index is 0.0176. The van der Waals surface area contributed by atoms with Crippen LogP contribution in [-0.4, -0.2) is 51.7 Å². The van der Waals surface area contributed by atoms with Gasteiger partial charge in [0.15, 0.2) is 0 Å². The van der Waals surface area contributed by atoms with Gasteiger partial charge in [0.2, 0.25) is 15.9 Å². The third-order valence-electron chi connectivity index (χ3n) is 6.04. The van der Waals surface area contributed by atoms with E-state index in [2.05, 4.69) is 15.5 Å². The Kier molecular flexibility index (Phi) is 5.96. The molecule has 0 spiro atoms. The molecule has 2 aromatic carbocycles. The van der Waals surface area contributed by atoms with Crippen molar-refractivity contribution in [2.24, 2.45) is 0 Å². The van der Waals surface area contributed by atoms with E-state index < -0.39 is 10.0 Å². The van der Waals surface area contributed by atoms with Crippen LogP contribution in [-0.2, 0) is 14.8 Å². The van der Waals surface area contributed by atoms with Crippen molar-refractivity contribution in [2.75, 3.05) is 42.7 Å². The lowest BCUT2D eigenvalue weighted by atomic mass is 9.92. The van der Waals surface area contributed by atoms with Crippen LogP contribution in [0.5, 0.6) is 0 Å². The Balaban J connectivity index is 1.69. The van der Waals surface area contributed by atoms with Gasteiger partial charge in [-0.05, 0) is 60.7 Å². The number of amides is 2. The van der Waals surface area contributed by atoms with Crippen molar-refractivity contribution in [3.63, 3.8) is 0 Å². The zero-order valence-electron chi connectivity index (χ0n) is 18.5. The van der Waals surface area contributed by atoms with Crippen LogP contribution in [0, 0.1) is 0 Å². The number of fused-ring (bicyclic) bond motifs is 1. The average molecular weight is 457 g/mol. The lowest BCUT2D eigenvalue weighted by molar-refractivity contribution is -0.116. The van der Waals surface area contributed by atoms with E-state index in [4.69, 9.17) is 0 Å². The topological polar surface area (TPSA) is 98.8 Å². The van der Waals surface area contributed by atoms with E-state index in [9.17, 15) is 18.0 Å². The Labute approximate surface area is 188 Å². The smallest absolute Gasteiger partial charge is 0.257 e. The van der Waals surface area contributed by atoms with Gasteiger partial charge in [-0.15, -0.1) is 0 Å². The molecule has 0 aliphatic carbocycles. The van der Waals surface area contributed by atoms with Crippen LogP contribution in [0.4, 0.5) is 17.1 Å². The molecule has 0 saturated carbocycles. The Morgan fingerprint density at radius 2 is 1.84 bits per heavy atom. The van der Waals surface area contributed by atoms with E-state index in [0.717, 1.165) is 47.2 Å². The van der Waals surface area contributed by atoms with E-state index in [0.29, 0.717) is 17.7 Å². The minimum atomic E-state index is -3.68. The molecule has 1 unspecified atom stereocenters. The van der Waals surface area contributed by atoms with Crippen LogP contribution in [0.3, 0.4) is 0 Å². The molecular formula is C23H28N4O4S. The normalized spacial score (nSPS) is 18.4. The van der Waals surface area contributed by atoms with Crippen molar-refractivity contribution in [3.8, 4) is 0 Å². The molecule has 2 amide bonds. The highest BCUT2D eigenvalue weighted by molar-refractivity contribution is 7.89. The molecule has 2 heterocycles. The van der Waals surface area contributed by atoms with Crippen molar-refractivity contribution in [3.05, 3.63) is 47.5 Å². The zero-order valence-corrected chi connectivity index (χ0v) is 19.3. The van der Waals surface area contributed by atoms with Crippen molar-refractivity contribution in [1.82, 2.24) is 4.31 Å². The number of hydrogen-bond acceptors (Lipinski definition) is 5. The van der Waals surface area contributed by atoms with Gasteiger partial charge in [0.25, 0.3) is 5.91 Å². The summed E-state index contributed by atoms with van der Waals surface area (Å²) in [6, 6.07) is 10.1. The number of nitrogens with one attached hydrogen (secondary N) is 2. The summed E-state index contributed by atoms with van der Waals surface area (Å²) in [4.78, 5) is 27.3. The first kappa shape index (κ1) is 22.3. The molecule has 4 rings (SSSR count). The van der Waals surface area contributed by atoms with Gasteiger partial charge in [-0.3, -0.25) is 9.59 Å². The third kappa shape index (κ3) is 4.22. The lowest BCUT2D eigenvalue weighted by Crippen LogP contribution is -2.26. The van der Waals surface area contributed by atoms with Gasteiger partial charge < -0.3 is 15.5 Å². The Bertz CT molecular complexity index is 1170. The monoisotopic (exact) mass is 456 g/mol. The maximum atomic E-state index is 13.3. The molecule has 2 N–H and O–H groups in total. The molecule has 2 aromatic rings. The lowest BCUT2D eigenvalue weighted by Gasteiger charge is -2.24. The maximum Gasteiger partial charge on any atom is 0.257 e. The molecule has 2 aliphatic heterocycles. The highest BCUT2D eigenvalue weighted by atomic mass is 32.2. The summed E-state index contributed by atoms with van der Waals surface area (Å²) in [5, 5.41) is 5.78. The molecule has 1 atom stereocenters. The Morgan fingerprint density at radius 3 is 2.53 bits per heavy atom. The van der Waals surface area contributed by atoms with Crippen LogP contribution < -0.4 is 15.5 Å². The fraction of sp³-hybridized carbons (Fsp3) is 0.391. The minimum Gasteiger partial charge on any atom is -0.371 e. The molecule has 9 heteroatoms. The molecule has 170 valence electrons. The van der Waals surface area contributed by atoms with Crippen molar-refractivity contribution < 1.29 is 18.0 Å². The molecule has 0 aromatic heterocycles. The predicted molar refractivity (Wildman–Crippen MR) is 125 cm³/mol. The first-order valence-corrected chi connectivity index (χ1v) is 12.2. The van der Waals surface area contributed by atoms with Gasteiger partial charge >= 0.3 is 0 Å². The standard InChI is InChI=1S/C23H28N4O4S/c1-15-12-22(28)25-20-8-6-16(13-18(15)20)24-23(29)19-14-17(32(30,31)26(2)3)7-9-21(19)27-10-4-5-11-27/h6-9,13-15H,4-5,10-12H2,1-3H3,(H,24,29)(H,25,28).